The topological polar surface area (TPSA) is 70.2 Å². The van der Waals surface area contributed by atoms with Crippen LogP contribution in [0, 0.1) is 0 Å². The lowest BCUT2D eigenvalue weighted by molar-refractivity contribution is -0.116. The summed E-state index contributed by atoms with van der Waals surface area (Å²) in [5, 5.41) is 14.7. The molecule has 2 heterocycles. The summed E-state index contributed by atoms with van der Waals surface area (Å²) in [6.07, 6.45) is 4.24. The SMILES string of the molecule is O=C(Nc1ccc(Nc2cc(N3CCCC3)cnn2)cc1)C(c1ccccc1)c1ccccc1. The van der Waals surface area contributed by atoms with Gasteiger partial charge in [-0.05, 0) is 48.2 Å². The molecule has 0 atom stereocenters. The number of rotatable bonds is 7. The number of nitrogens with one attached hydrogen (secondary N) is 2. The molecular weight excluding hydrogens is 422 g/mol. The number of carbonyl (C=O) groups is 1. The smallest absolute Gasteiger partial charge is 0.236 e. The number of hydrogen-bond donors (Lipinski definition) is 2. The van der Waals surface area contributed by atoms with Crippen LogP contribution in [0.1, 0.15) is 29.9 Å². The zero-order valence-corrected chi connectivity index (χ0v) is 18.9. The normalized spacial score (nSPS) is 13.1. The Bertz CT molecular complexity index is 1180. The van der Waals surface area contributed by atoms with Gasteiger partial charge in [-0.25, -0.2) is 0 Å². The molecule has 2 N–H and O–H groups in total. The molecule has 1 aliphatic rings. The first-order chi connectivity index (χ1) is 16.8. The molecule has 6 nitrogen and oxygen atoms in total. The van der Waals surface area contributed by atoms with Crippen LogP contribution in [0.25, 0.3) is 0 Å². The lowest BCUT2D eigenvalue weighted by Crippen LogP contribution is -2.22. The molecule has 170 valence electrons. The van der Waals surface area contributed by atoms with Crippen molar-refractivity contribution in [3.63, 3.8) is 0 Å². The number of carbonyl (C=O) groups excluding carboxylic acids is 1. The molecule has 6 heteroatoms. The van der Waals surface area contributed by atoms with Crippen molar-refractivity contribution in [2.75, 3.05) is 28.6 Å². The van der Waals surface area contributed by atoms with Crippen molar-refractivity contribution in [2.24, 2.45) is 0 Å². The summed E-state index contributed by atoms with van der Waals surface area (Å²) in [5.41, 5.74) is 4.63. The summed E-state index contributed by atoms with van der Waals surface area (Å²) in [5.74, 6) is 0.250. The zero-order chi connectivity index (χ0) is 23.2. The van der Waals surface area contributed by atoms with Crippen LogP contribution in [0.2, 0.25) is 0 Å². The van der Waals surface area contributed by atoms with Crippen LogP contribution in [-0.2, 0) is 4.79 Å². The maximum atomic E-state index is 13.3. The van der Waals surface area contributed by atoms with Crippen molar-refractivity contribution in [3.05, 3.63) is 108 Å². The fourth-order valence-electron chi connectivity index (χ4n) is 4.35. The average molecular weight is 450 g/mol. The van der Waals surface area contributed by atoms with Crippen LogP contribution in [0.5, 0.6) is 0 Å². The van der Waals surface area contributed by atoms with Crippen LogP contribution < -0.4 is 15.5 Å². The van der Waals surface area contributed by atoms with E-state index in [9.17, 15) is 4.79 Å². The summed E-state index contributed by atoms with van der Waals surface area (Å²) in [6, 6.07) is 29.4. The van der Waals surface area contributed by atoms with E-state index in [0.29, 0.717) is 5.82 Å². The summed E-state index contributed by atoms with van der Waals surface area (Å²) < 4.78 is 0. The number of hydrogen-bond acceptors (Lipinski definition) is 5. The maximum absolute atomic E-state index is 13.3. The van der Waals surface area contributed by atoms with Gasteiger partial charge in [0.15, 0.2) is 5.82 Å². The molecule has 1 amide bonds. The maximum Gasteiger partial charge on any atom is 0.236 e. The predicted octanol–water partition coefficient (Wildman–Crippen LogP) is 5.59. The van der Waals surface area contributed by atoms with E-state index in [2.05, 4.69) is 25.7 Å². The van der Waals surface area contributed by atoms with Gasteiger partial charge >= 0.3 is 0 Å². The first kappa shape index (κ1) is 21.6. The van der Waals surface area contributed by atoms with Gasteiger partial charge in [0.2, 0.25) is 5.91 Å². The Morgan fingerprint density at radius 3 is 2.00 bits per heavy atom. The molecule has 0 radical (unpaired) electrons. The van der Waals surface area contributed by atoms with Gasteiger partial charge in [-0.1, -0.05) is 60.7 Å². The second-order valence-electron chi connectivity index (χ2n) is 8.44. The van der Waals surface area contributed by atoms with Crippen molar-refractivity contribution >= 4 is 28.8 Å². The number of nitrogens with zero attached hydrogens (tertiary/aromatic N) is 3. The summed E-state index contributed by atoms with van der Waals surface area (Å²) in [6.45, 7) is 2.12. The van der Waals surface area contributed by atoms with E-state index in [1.807, 2.05) is 97.2 Å². The number of aromatic nitrogens is 2. The first-order valence-electron chi connectivity index (χ1n) is 11.6. The lowest BCUT2D eigenvalue weighted by atomic mass is 9.90. The Morgan fingerprint density at radius 1 is 0.794 bits per heavy atom. The van der Waals surface area contributed by atoms with Gasteiger partial charge < -0.3 is 15.5 Å². The van der Waals surface area contributed by atoms with E-state index in [0.717, 1.165) is 41.3 Å². The summed E-state index contributed by atoms with van der Waals surface area (Å²) in [4.78, 5) is 15.6. The van der Waals surface area contributed by atoms with Crippen molar-refractivity contribution in [1.82, 2.24) is 10.2 Å². The largest absolute Gasteiger partial charge is 0.370 e. The Kier molecular flexibility index (Phi) is 6.47. The Hall–Kier alpha value is -4.19. The van der Waals surface area contributed by atoms with Gasteiger partial charge in [-0.3, -0.25) is 4.79 Å². The third-order valence-electron chi connectivity index (χ3n) is 6.06. The quantitative estimate of drug-likeness (QED) is 0.385. The van der Waals surface area contributed by atoms with Crippen molar-refractivity contribution in [2.45, 2.75) is 18.8 Å². The van der Waals surface area contributed by atoms with Crippen LogP contribution in [0.15, 0.2) is 97.2 Å². The van der Waals surface area contributed by atoms with Crippen LogP contribution >= 0.6 is 0 Å². The molecular formula is C28H27N5O. The minimum absolute atomic E-state index is 0.0673. The lowest BCUT2D eigenvalue weighted by Gasteiger charge is -2.18. The second kappa shape index (κ2) is 10.2. The molecule has 0 saturated carbocycles. The van der Waals surface area contributed by atoms with Gasteiger partial charge in [-0.15, -0.1) is 5.10 Å². The molecule has 5 rings (SSSR count). The molecule has 0 bridgehead atoms. The third-order valence-corrected chi connectivity index (χ3v) is 6.06. The van der Waals surface area contributed by atoms with Gasteiger partial charge in [0.1, 0.15) is 0 Å². The highest BCUT2D eigenvalue weighted by molar-refractivity contribution is 5.98. The highest BCUT2D eigenvalue weighted by atomic mass is 16.1. The average Bonchev–Trinajstić information content (AvgIpc) is 3.42. The van der Waals surface area contributed by atoms with E-state index < -0.39 is 0 Å². The van der Waals surface area contributed by atoms with Crippen LogP contribution in [-0.4, -0.2) is 29.2 Å². The highest BCUT2D eigenvalue weighted by Crippen LogP contribution is 2.27. The van der Waals surface area contributed by atoms with Gasteiger partial charge in [0.25, 0.3) is 0 Å². The van der Waals surface area contributed by atoms with E-state index in [4.69, 9.17) is 0 Å². The van der Waals surface area contributed by atoms with Crippen LogP contribution in [0.3, 0.4) is 0 Å². The minimum atomic E-state index is -0.385. The van der Waals surface area contributed by atoms with E-state index in [1.54, 1.807) is 0 Å². The van der Waals surface area contributed by atoms with E-state index >= 15 is 0 Å². The van der Waals surface area contributed by atoms with Gasteiger partial charge in [0, 0.05) is 30.5 Å². The van der Waals surface area contributed by atoms with E-state index in [-0.39, 0.29) is 11.8 Å². The van der Waals surface area contributed by atoms with Gasteiger partial charge in [-0.2, -0.15) is 5.10 Å². The Balaban J connectivity index is 1.29. The monoisotopic (exact) mass is 449 g/mol. The molecule has 3 aromatic carbocycles. The molecule has 34 heavy (non-hydrogen) atoms. The minimum Gasteiger partial charge on any atom is -0.370 e. The fourth-order valence-corrected chi connectivity index (χ4v) is 4.35. The highest BCUT2D eigenvalue weighted by Gasteiger charge is 2.22. The molecule has 1 aromatic heterocycles. The molecule has 0 spiro atoms. The zero-order valence-electron chi connectivity index (χ0n) is 18.9. The molecule has 4 aromatic rings. The summed E-state index contributed by atoms with van der Waals surface area (Å²) in [7, 11) is 0. The van der Waals surface area contributed by atoms with Crippen molar-refractivity contribution < 1.29 is 4.79 Å². The summed E-state index contributed by atoms with van der Waals surface area (Å²) >= 11 is 0. The van der Waals surface area contributed by atoms with Crippen molar-refractivity contribution in [1.29, 1.82) is 0 Å². The molecule has 0 aliphatic carbocycles. The number of benzene rings is 3. The van der Waals surface area contributed by atoms with Gasteiger partial charge in [0.05, 0.1) is 17.8 Å². The third kappa shape index (κ3) is 5.07. The fraction of sp³-hybridized carbons (Fsp3) is 0.179. The van der Waals surface area contributed by atoms with E-state index in [1.165, 1.54) is 12.8 Å². The molecule has 1 saturated heterocycles. The second-order valence-corrected chi connectivity index (χ2v) is 8.44. The Morgan fingerprint density at radius 2 is 1.38 bits per heavy atom. The van der Waals surface area contributed by atoms with Crippen LogP contribution in [0.4, 0.5) is 22.9 Å². The molecule has 0 unspecified atom stereocenters. The predicted molar refractivity (Wildman–Crippen MR) is 137 cm³/mol. The first-order valence-corrected chi connectivity index (χ1v) is 11.6. The molecule has 1 fully saturated rings. The Labute approximate surface area is 199 Å². The standard InChI is InChI=1S/C28H27N5O/c34-28(27(21-9-3-1-4-10-21)22-11-5-2-6-12-22)31-24-15-13-23(14-16-24)30-26-19-25(20-29-32-26)33-17-7-8-18-33/h1-6,9-16,19-20,27H,7-8,17-18H2,(H,30,32)(H,31,34). The van der Waals surface area contributed by atoms with Crippen molar-refractivity contribution in [3.8, 4) is 0 Å². The molecule has 1 aliphatic heterocycles. The number of anilines is 4. The number of amides is 1.